The first kappa shape index (κ1) is 18.1. The summed E-state index contributed by atoms with van der Waals surface area (Å²) < 4.78 is 0. The van der Waals surface area contributed by atoms with E-state index in [4.69, 9.17) is 0 Å². The maximum absolute atomic E-state index is 12.6. The number of urea groups is 1. The number of amides is 2. The number of nitrogens with zero attached hydrogens (tertiary/aromatic N) is 2. The van der Waals surface area contributed by atoms with Crippen LogP contribution in [0.15, 0.2) is 30.5 Å². The fraction of sp³-hybridized carbons (Fsp3) is 0.500. The fourth-order valence-electron chi connectivity index (χ4n) is 4.69. The Hall–Kier alpha value is -2.27. The van der Waals surface area contributed by atoms with Gasteiger partial charge in [0.1, 0.15) is 0 Å². The van der Waals surface area contributed by atoms with Gasteiger partial charge in [0.25, 0.3) is 0 Å². The molecule has 0 bridgehead atoms. The minimum Gasteiger partial charge on any atom is -0.361 e. The molecule has 1 aromatic heterocycles. The standard InChI is InChI=1S/C22H30N4O/c1-5-25(6-2)22(27)24-16-11-18-17-8-7-9-19-21(17)15(12-23-19)10-20(18)26(13-16)14(3)4/h7-9,11-12,14,16,20,23H,5-6,10,13H2,1-4H3,(H,24,27)/t16?,20-/m1/s1. The molecule has 5 heteroatoms. The van der Waals surface area contributed by atoms with E-state index in [-0.39, 0.29) is 12.1 Å². The van der Waals surface area contributed by atoms with E-state index in [2.05, 4.69) is 59.5 Å². The highest BCUT2D eigenvalue weighted by Crippen LogP contribution is 2.40. The van der Waals surface area contributed by atoms with Gasteiger partial charge >= 0.3 is 6.03 Å². The number of carbonyl (C=O) groups excluding carboxylic acids is 1. The lowest BCUT2D eigenvalue weighted by Crippen LogP contribution is -2.55. The first-order chi connectivity index (χ1) is 13.0. The lowest BCUT2D eigenvalue weighted by atomic mass is 9.80. The Morgan fingerprint density at radius 1 is 1.33 bits per heavy atom. The molecular formula is C22H30N4O. The summed E-state index contributed by atoms with van der Waals surface area (Å²) in [6, 6.07) is 7.35. The van der Waals surface area contributed by atoms with Crippen LogP contribution in [0.5, 0.6) is 0 Å². The number of hydrogen-bond acceptors (Lipinski definition) is 2. The van der Waals surface area contributed by atoms with Crippen LogP contribution in [0.3, 0.4) is 0 Å². The van der Waals surface area contributed by atoms with Crippen LogP contribution in [0.1, 0.15) is 38.8 Å². The molecule has 2 heterocycles. The Bertz CT molecular complexity index is 878. The zero-order valence-electron chi connectivity index (χ0n) is 16.7. The summed E-state index contributed by atoms with van der Waals surface area (Å²) in [5, 5.41) is 4.60. The quantitative estimate of drug-likeness (QED) is 0.868. The lowest BCUT2D eigenvalue weighted by molar-refractivity contribution is 0.158. The number of rotatable bonds is 4. The van der Waals surface area contributed by atoms with Gasteiger partial charge in [0.2, 0.25) is 0 Å². The van der Waals surface area contributed by atoms with E-state index in [1.54, 1.807) is 0 Å². The lowest BCUT2D eigenvalue weighted by Gasteiger charge is -2.44. The molecule has 1 aliphatic carbocycles. The van der Waals surface area contributed by atoms with Crippen molar-refractivity contribution < 1.29 is 4.79 Å². The molecule has 0 saturated heterocycles. The molecule has 2 aliphatic rings. The third-order valence-electron chi connectivity index (χ3n) is 6.08. The monoisotopic (exact) mass is 366 g/mol. The predicted molar refractivity (Wildman–Crippen MR) is 111 cm³/mol. The first-order valence-electron chi connectivity index (χ1n) is 10.2. The maximum Gasteiger partial charge on any atom is 0.317 e. The average molecular weight is 367 g/mol. The van der Waals surface area contributed by atoms with Gasteiger partial charge in [-0.15, -0.1) is 0 Å². The molecule has 144 valence electrons. The van der Waals surface area contributed by atoms with Crippen LogP contribution in [0.4, 0.5) is 4.79 Å². The minimum absolute atomic E-state index is 0.0281. The van der Waals surface area contributed by atoms with Gasteiger partial charge in [-0.3, -0.25) is 4.90 Å². The van der Waals surface area contributed by atoms with E-state index in [9.17, 15) is 4.79 Å². The van der Waals surface area contributed by atoms with E-state index < -0.39 is 0 Å². The van der Waals surface area contributed by atoms with E-state index in [0.29, 0.717) is 12.1 Å². The SMILES string of the molecule is CCN(CC)C(=O)NC1C=C2c3cccc4[nH]cc(c34)C[C@H]2N(C(C)C)C1. The van der Waals surface area contributed by atoms with Crippen LogP contribution in [0.2, 0.25) is 0 Å². The van der Waals surface area contributed by atoms with Gasteiger partial charge in [0.05, 0.1) is 6.04 Å². The van der Waals surface area contributed by atoms with E-state index >= 15 is 0 Å². The van der Waals surface area contributed by atoms with Crippen molar-refractivity contribution in [2.75, 3.05) is 19.6 Å². The molecule has 0 spiro atoms. The number of nitrogens with one attached hydrogen (secondary N) is 2. The Kier molecular flexibility index (Phi) is 4.72. The van der Waals surface area contributed by atoms with Gasteiger partial charge in [-0.05, 0) is 56.9 Å². The maximum atomic E-state index is 12.6. The van der Waals surface area contributed by atoms with Crippen LogP contribution in [-0.4, -0.2) is 58.6 Å². The summed E-state index contributed by atoms with van der Waals surface area (Å²) in [6.07, 6.45) is 5.49. The van der Waals surface area contributed by atoms with Gasteiger partial charge in [-0.2, -0.15) is 0 Å². The van der Waals surface area contributed by atoms with Gasteiger partial charge in [0, 0.05) is 48.8 Å². The number of aromatic amines is 1. The number of fused-ring (bicyclic) bond motifs is 2. The Morgan fingerprint density at radius 3 is 2.81 bits per heavy atom. The molecular weight excluding hydrogens is 336 g/mol. The van der Waals surface area contributed by atoms with Crippen molar-refractivity contribution in [2.45, 2.75) is 52.2 Å². The van der Waals surface area contributed by atoms with Crippen molar-refractivity contribution in [2.24, 2.45) is 0 Å². The molecule has 2 aromatic rings. The van der Waals surface area contributed by atoms with E-state index in [1.165, 1.54) is 27.6 Å². The van der Waals surface area contributed by atoms with Crippen LogP contribution in [0.25, 0.3) is 16.5 Å². The van der Waals surface area contributed by atoms with E-state index in [1.807, 2.05) is 18.7 Å². The van der Waals surface area contributed by atoms with Gasteiger partial charge in [-0.1, -0.05) is 18.2 Å². The molecule has 2 atom stereocenters. The number of H-pyrrole nitrogens is 1. The van der Waals surface area contributed by atoms with Crippen molar-refractivity contribution in [3.63, 3.8) is 0 Å². The third-order valence-corrected chi connectivity index (χ3v) is 6.08. The third kappa shape index (κ3) is 3.04. The van der Waals surface area contributed by atoms with Crippen molar-refractivity contribution >= 4 is 22.5 Å². The summed E-state index contributed by atoms with van der Waals surface area (Å²) >= 11 is 0. The zero-order valence-corrected chi connectivity index (χ0v) is 16.7. The van der Waals surface area contributed by atoms with Crippen LogP contribution in [-0.2, 0) is 6.42 Å². The second kappa shape index (κ2) is 7.04. The zero-order chi connectivity index (χ0) is 19.1. The van der Waals surface area contributed by atoms with Gasteiger partial charge < -0.3 is 15.2 Å². The number of benzene rings is 1. The Labute approximate surface area is 161 Å². The normalized spacial score (nSPS) is 21.9. The van der Waals surface area contributed by atoms with Crippen LogP contribution in [0, 0.1) is 0 Å². The molecule has 1 aliphatic heterocycles. The summed E-state index contributed by atoms with van der Waals surface area (Å²) in [5.74, 6) is 0. The van der Waals surface area contributed by atoms with E-state index in [0.717, 1.165) is 26.1 Å². The highest BCUT2D eigenvalue weighted by atomic mass is 16.2. The molecule has 0 saturated carbocycles. The summed E-state index contributed by atoms with van der Waals surface area (Å²) in [5.41, 5.74) is 5.27. The molecule has 0 fully saturated rings. The number of aromatic nitrogens is 1. The molecule has 4 rings (SSSR count). The van der Waals surface area contributed by atoms with Gasteiger partial charge in [0.15, 0.2) is 0 Å². The van der Waals surface area contributed by atoms with Crippen molar-refractivity contribution in [1.82, 2.24) is 20.1 Å². The fourth-order valence-corrected chi connectivity index (χ4v) is 4.69. The first-order valence-corrected chi connectivity index (χ1v) is 10.2. The molecule has 5 nitrogen and oxygen atoms in total. The average Bonchev–Trinajstić information content (AvgIpc) is 3.07. The number of hydrogen-bond donors (Lipinski definition) is 2. The molecule has 2 amide bonds. The molecule has 1 unspecified atom stereocenters. The summed E-state index contributed by atoms with van der Waals surface area (Å²) in [7, 11) is 0. The minimum atomic E-state index is 0.0281. The molecule has 27 heavy (non-hydrogen) atoms. The molecule has 0 radical (unpaired) electrons. The Balaban J connectivity index is 1.73. The second-order valence-corrected chi connectivity index (χ2v) is 7.90. The summed E-state index contributed by atoms with van der Waals surface area (Å²) in [4.78, 5) is 20.4. The molecule has 2 N–H and O–H groups in total. The topological polar surface area (TPSA) is 51.4 Å². The van der Waals surface area contributed by atoms with Gasteiger partial charge in [-0.25, -0.2) is 4.79 Å². The Morgan fingerprint density at radius 2 is 2.11 bits per heavy atom. The largest absolute Gasteiger partial charge is 0.361 e. The van der Waals surface area contributed by atoms with Crippen molar-refractivity contribution in [1.29, 1.82) is 0 Å². The molecule has 1 aromatic carbocycles. The highest BCUT2D eigenvalue weighted by molar-refractivity contribution is 5.98. The highest BCUT2D eigenvalue weighted by Gasteiger charge is 2.36. The second-order valence-electron chi connectivity index (χ2n) is 7.90. The van der Waals surface area contributed by atoms with Crippen molar-refractivity contribution in [3.8, 4) is 0 Å². The summed E-state index contributed by atoms with van der Waals surface area (Å²) in [6.45, 7) is 10.9. The van der Waals surface area contributed by atoms with Crippen LogP contribution >= 0.6 is 0 Å². The van der Waals surface area contributed by atoms with Crippen LogP contribution < -0.4 is 5.32 Å². The van der Waals surface area contributed by atoms with Crippen molar-refractivity contribution in [3.05, 3.63) is 41.6 Å². The predicted octanol–water partition coefficient (Wildman–Crippen LogP) is 3.62. The smallest absolute Gasteiger partial charge is 0.317 e. The number of carbonyl (C=O) groups is 1.